The molecule has 0 fully saturated rings. The van der Waals surface area contributed by atoms with E-state index >= 15 is 0 Å². The summed E-state index contributed by atoms with van der Waals surface area (Å²) in [5.74, 6) is 0. The second-order valence-electron chi connectivity index (χ2n) is 2.69. The average Bonchev–Trinajstić information content (AvgIpc) is 2.51. The molecule has 0 aliphatic carbocycles. The minimum absolute atomic E-state index is 0.892. The smallest absolute Gasteiger partial charge is 0.116 e. The van der Waals surface area contributed by atoms with Crippen LogP contribution < -0.4 is 5.32 Å². The largest absolute Gasteiger partial charge is 0.235 e. The highest BCUT2D eigenvalue weighted by Gasteiger charge is 2.06. The number of nitrogens with zero attached hydrogens (tertiary/aromatic N) is 2. The van der Waals surface area contributed by atoms with Crippen molar-refractivity contribution in [2.24, 2.45) is 4.99 Å². The van der Waals surface area contributed by atoms with Crippen LogP contribution in [-0.2, 0) is 6.42 Å². The Labute approximate surface area is 71.6 Å². The Hall–Kier alpha value is -1.57. The summed E-state index contributed by atoms with van der Waals surface area (Å²) in [4.78, 5) is 4.08. The van der Waals surface area contributed by atoms with Crippen LogP contribution in [0, 0.1) is 0 Å². The Morgan fingerprint density at radius 1 is 1.33 bits per heavy atom. The van der Waals surface area contributed by atoms with Gasteiger partial charge in [-0.25, -0.2) is 10.3 Å². The van der Waals surface area contributed by atoms with E-state index in [4.69, 9.17) is 0 Å². The van der Waals surface area contributed by atoms with Crippen molar-refractivity contribution < 1.29 is 0 Å². The molecule has 0 amide bonds. The lowest BCUT2D eigenvalue weighted by atomic mass is 10.1. The molecule has 0 spiro atoms. The molecule has 2 rings (SSSR count). The molecule has 59 valence electrons. The molecule has 1 aliphatic rings. The lowest BCUT2D eigenvalue weighted by Gasteiger charge is -1.99. The van der Waals surface area contributed by atoms with Crippen molar-refractivity contribution >= 4 is 17.7 Å². The molecule has 2 heteroatoms. The van der Waals surface area contributed by atoms with Gasteiger partial charge in [-0.3, -0.25) is 0 Å². The van der Waals surface area contributed by atoms with Gasteiger partial charge in [-0.05, 0) is 24.1 Å². The summed E-state index contributed by atoms with van der Waals surface area (Å²) in [6.07, 6.45) is 4.36. The second-order valence-corrected chi connectivity index (χ2v) is 2.69. The summed E-state index contributed by atoms with van der Waals surface area (Å²) in [5.41, 5.74) is 3.16. The van der Waals surface area contributed by atoms with Gasteiger partial charge in [-0.1, -0.05) is 12.1 Å². The van der Waals surface area contributed by atoms with Crippen LogP contribution in [0.25, 0.3) is 0 Å². The van der Waals surface area contributed by atoms with E-state index in [1.54, 1.807) is 6.34 Å². The molecule has 1 aromatic rings. The molecule has 1 heterocycles. The third kappa shape index (κ3) is 1.11. The van der Waals surface area contributed by atoms with Crippen molar-refractivity contribution in [2.75, 3.05) is 0 Å². The molecular weight excluding hydrogens is 148 g/mol. The Morgan fingerprint density at radius 3 is 3.08 bits per heavy atom. The number of hydrogen-bond acceptors (Lipinski definition) is 1. The van der Waals surface area contributed by atoms with Gasteiger partial charge in [-0.15, -0.1) is 6.58 Å². The minimum Gasteiger partial charge on any atom is -0.235 e. The van der Waals surface area contributed by atoms with Gasteiger partial charge in [0.05, 0.1) is 11.4 Å². The van der Waals surface area contributed by atoms with Gasteiger partial charge < -0.3 is 0 Å². The number of hydrogen-bond donors (Lipinski definition) is 0. The van der Waals surface area contributed by atoms with Gasteiger partial charge in [0, 0.05) is 0 Å². The fourth-order valence-electron chi connectivity index (χ4n) is 1.23. The van der Waals surface area contributed by atoms with Crippen molar-refractivity contribution in [3.63, 3.8) is 0 Å². The van der Waals surface area contributed by atoms with Crippen LogP contribution in [0.1, 0.15) is 5.56 Å². The minimum atomic E-state index is 0.892. The van der Waals surface area contributed by atoms with Gasteiger partial charge in [0.15, 0.2) is 0 Å². The maximum Gasteiger partial charge on any atom is 0.116 e. The van der Waals surface area contributed by atoms with Gasteiger partial charge in [-0.2, -0.15) is 0 Å². The Morgan fingerprint density at radius 2 is 2.25 bits per heavy atom. The van der Waals surface area contributed by atoms with Crippen molar-refractivity contribution in [1.29, 1.82) is 0 Å². The summed E-state index contributed by atoms with van der Waals surface area (Å²) < 4.78 is 0. The molecule has 1 aliphatic heterocycles. The molecule has 2 nitrogen and oxygen atoms in total. The fourth-order valence-corrected chi connectivity index (χ4v) is 1.23. The summed E-state index contributed by atoms with van der Waals surface area (Å²) in [6, 6.07) is 6.09. The molecular formula is C10H9N2. The highest BCUT2D eigenvalue weighted by atomic mass is 15.0. The summed E-state index contributed by atoms with van der Waals surface area (Å²) in [6.45, 7) is 3.69. The zero-order chi connectivity index (χ0) is 8.39. The van der Waals surface area contributed by atoms with E-state index in [0.29, 0.717) is 0 Å². The third-order valence-electron chi connectivity index (χ3n) is 1.81. The first-order chi connectivity index (χ1) is 5.90. The summed E-state index contributed by atoms with van der Waals surface area (Å²) in [5, 5.41) is 4.12. The zero-order valence-corrected chi connectivity index (χ0v) is 6.70. The molecule has 1 aromatic carbocycles. The molecule has 0 N–H and O–H groups in total. The van der Waals surface area contributed by atoms with Gasteiger partial charge in [0.2, 0.25) is 0 Å². The van der Waals surface area contributed by atoms with Crippen molar-refractivity contribution in [1.82, 2.24) is 5.32 Å². The van der Waals surface area contributed by atoms with Crippen molar-refractivity contribution in [3.8, 4) is 0 Å². The van der Waals surface area contributed by atoms with Crippen LogP contribution in [0.4, 0.5) is 11.4 Å². The zero-order valence-electron chi connectivity index (χ0n) is 6.70. The average molecular weight is 157 g/mol. The Balaban J connectivity index is 2.35. The van der Waals surface area contributed by atoms with Gasteiger partial charge in [0.1, 0.15) is 6.34 Å². The molecule has 0 saturated carbocycles. The summed E-state index contributed by atoms with van der Waals surface area (Å²) >= 11 is 0. The summed E-state index contributed by atoms with van der Waals surface area (Å²) in [7, 11) is 0. The van der Waals surface area contributed by atoms with Crippen molar-refractivity contribution in [2.45, 2.75) is 6.42 Å². The first-order valence-electron chi connectivity index (χ1n) is 3.87. The van der Waals surface area contributed by atoms with E-state index in [9.17, 15) is 0 Å². The maximum absolute atomic E-state index is 4.12. The SMILES string of the molecule is C=CCc1ccc2c(c1)[N]C=N2. The molecule has 0 unspecified atom stereocenters. The predicted molar refractivity (Wildman–Crippen MR) is 50.3 cm³/mol. The van der Waals surface area contributed by atoms with Gasteiger partial charge in [0.25, 0.3) is 0 Å². The standard InChI is InChI=1S/C10H9N2/c1-2-3-8-4-5-9-10(6-8)12-7-11-9/h2,4-7H,1,3H2. The first-order valence-corrected chi connectivity index (χ1v) is 3.87. The van der Waals surface area contributed by atoms with E-state index in [-0.39, 0.29) is 0 Å². The number of rotatable bonds is 2. The topological polar surface area (TPSA) is 26.5 Å². The monoisotopic (exact) mass is 157 g/mol. The highest BCUT2D eigenvalue weighted by Crippen LogP contribution is 2.29. The van der Waals surface area contributed by atoms with Crippen LogP contribution in [-0.4, -0.2) is 6.34 Å². The second kappa shape index (κ2) is 2.81. The van der Waals surface area contributed by atoms with E-state index in [0.717, 1.165) is 17.8 Å². The van der Waals surface area contributed by atoms with E-state index in [1.807, 2.05) is 18.2 Å². The fraction of sp³-hybridized carbons (Fsp3) is 0.100. The van der Waals surface area contributed by atoms with E-state index in [2.05, 4.69) is 23.0 Å². The molecule has 0 aromatic heterocycles. The number of fused-ring (bicyclic) bond motifs is 1. The lowest BCUT2D eigenvalue weighted by molar-refractivity contribution is 1.25. The van der Waals surface area contributed by atoms with E-state index < -0.39 is 0 Å². The molecule has 0 saturated heterocycles. The number of allylic oxidation sites excluding steroid dienone is 1. The Bertz CT molecular complexity index is 340. The van der Waals surface area contributed by atoms with E-state index in [1.165, 1.54) is 5.56 Å². The van der Waals surface area contributed by atoms with Gasteiger partial charge >= 0.3 is 0 Å². The van der Waals surface area contributed by atoms with Crippen LogP contribution >= 0.6 is 0 Å². The quantitative estimate of drug-likeness (QED) is 0.589. The van der Waals surface area contributed by atoms with Crippen LogP contribution in [0.3, 0.4) is 0 Å². The normalized spacial score (nSPS) is 12.3. The van der Waals surface area contributed by atoms with Crippen LogP contribution in [0.5, 0.6) is 0 Å². The number of aliphatic imine (C=N–C) groups is 1. The highest BCUT2D eigenvalue weighted by molar-refractivity contribution is 5.81. The predicted octanol–water partition coefficient (Wildman–Crippen LogP) is 2.32. The first kappa shape index (κ1) is 7.10. The molecule has 12 heavy (non-hydrogen) atoms. The van der Waals surface area contributed by atoms with Crippen molar-refractivity contribution in [3.05, 3.63) is 36.4 Å². The number of benzene rings is 1. The maximum atomic E-state index is 4.12. The molecule has 0 atom stereocenters. The Kier molecular flexibility index (Phi) is 1.67. The third-order valence-corrected chi connectivity index (χ3v) is 1.81. The molecule has 1 radical (unpaired) electrons. The lowest BCUT2D eigenvalue weighted by Crippen LogP contribution is -1.87. The van der Waals surface area contributed by atoms with Crippen LogP contribution in [0.15, 0.2) is 35.8 Å². The molecule has 0 bridgehead atoms. The van der Waals surface area contributed by atoms with Crippen LogP contribution in [0.2, 0.25) is 0 Å².